The minimum atomic E-state index is -2.68. The van der Waals surface area contributed by atoms with Crippen LogP contribution in [0, 0.1) is 5.41 Å². The van der Waals surface area contributed by atoms with Crippen molar-refractivity contribution >= 4 is 16.7 Å². The third-order valence-electron chi connectivity index (χ3n) is 3.47. The zero-order valence-electron chi connectivity index (χ0n) is 12.1. The second-order valence-electron chi connectivity index (χ2n) is 5.98. The monoisotopic (exact) mass is 279 g/mol. The SMILES string of the molecule is CC(Nc1nc(C(F)F)nc2ccccc12)C(C)(C)C. The van der Waals surface area contributed by atoms with Gasteiger partial charge in [-0.2, -0.15) is 0 Å². The molecule has 0 bridgehead atoms. The van der Waals surface area contributed by atoms with Crippen LogP contribution in [0.2, 0.25) is 0 Å². The summed E-state index contributed by atoms with van der Waals surface area (Å²) in [6.07, 6.45) is -2.68. The summed E-state index contributed by atoms with van der Waals surface area (Å²) in [4.78, 5) is 7.89. The second-order valence-corrected chi connectivity index (χ2v) is 5.98. The average molecular weight is 279 g/mol. The largest absolute Gasteiger partial charge is 0.366 e. The quantitative estimate of drug-likeness (QED) is 0.904. The Balaban J connectivity index is 2.50. The third-order valence-corrected chi connectivity index (χ3v) is 3.47. The van der Waals surface area contributed by atoms with E-state index in [4.69, 9.17) is 0 Å². The van der Waals surface area contributed by atoms with E-state index >= 15 is 0 Å². The number of hydrogen-bond donors (Lipinski definition) is 1. The van der Waals surface area contributed by atoms with E-state index in [1.54, 1.807) is 12.1 Å². The number of fused-ring (bicyclic) bond motifs is 1. The maximum absolute atomic E-state index is 12.9. The lowest BCUT2D eigenvalue weighted by molar-refractivity contribution is 0.141. The van der Waals surface area contributed by atoms with Crippen LogP contribution < -0.4 is 5.32 Å². The molecule has 0 saturated carbocycles. The Kier molecular flexibility index (Phi) is 3.88. The predicted molar refractivity (Wildman–Crippen MR) is 77.0 cm³/mol. The highest BCUT2D eigenvalue weighted by Gasteiger charge is 2.22. The second kappa shape index (κ2) is 5.31. The molecule has 2 aromatic rings. The van der Waals surface area contributed by atoms with Crippen LogP contribution in [-0.2, 0) is 0 Å². The van der Waals surface area contributed by atoms with Crippen LogP contribution in [0.3, 0.4) is 0 Å². The Morgan fingerprint density at radius 2 is 1.75 bits per heavy atom. The normalized spacial score (nSPS) is 13.8. The standard InChI is InChI=1S/C15H19F2N3/c1-9(15(2,3)4)18-13-10-7-5-6-8-11(10)19-14(20-13)12(16)17/h5-9,12H,1-4H3,(H,18,19,20). The predicted octanol–water partition coefficient (Wildman–Crippen LogP) is 4.41. The van der Waals surface area contributed by atoms with Crippen molar-refractivity contribution in [2.45, 2.75) is 40.2 Å². The molecule has 0 saturated heterocycles. The number of para-hydroxylation sites is 1. The summed E-state index contributed by atoms with van der Waals surface area (Å²) >= 11 is 0. The van der Waals surface area contributed by atoms with Crippen LogP contribution in [0.4, 0.5) is 14.6 Å². The Labute approximate surface area is 117 Å². The summed E-state index contributed by atoms with van der Waals surface area (Å²) in [5.74, 6) is 0.0284. The van der Waals surface area contributed by atoms with Gasteiger partial charge in [-0.15, -0.1) is 0 Å². The number of rotatable bonds is 3. The van der Waals surface area contributed by atoms with Gasteiger partial charge in [0.05, 0.1) is 5.52 Å². The van der Waals surface area contributed by atoms with Crippen molar-refractivity contribution in [3.8, 4) is 0 Å². The molecule has 1 heterocycles. The summed E-state index contributed by atoms with van der Waals surface area (Å²) in [6, 6.07) is 7.27. The van der Waals surface area contributed by atoms with Crippen molar-refractivity contribution in [2.24, 2.45) is 5.41 Å². The Hall–Kier alpha value is -1.78. The number of aromatic nitrogens is 2. The maximum atomic E-state index is 12.9. The van der Waals surface area contributed by atoms with Gasteiger partial charge in [0.25, 0.3) is 6.43 Å². The summed E-state index contributed by atoms with van der Waals surface area (Å²) < 4.78 is 25.8. The van der Waals surface area contributed by atoms with E-state index in [0.717, 1.165) is 5.39 Å². The van der Waals surface area contributed by atoms with Crippen molar-refractivity contribution in [3.05, 3.63) is 30.1 Å². The minimum Gasteiger partial charge on any atom is -0.366 e. The Bertz CT molecular complexity index is 606. The molecule has 1 atom stereocenters. The number of anilines is 1. The highest BCUT2D eigenvalue weighted by Crippen LogP contribution is 2.28. The Morgan fingerprint density at radius 3 is 2.35 bits per heavy atom. The van der Waals surface area contributed by atoms with Crippen molar-refractivity contribution in [2.75, 3.05) is 5.32 Å². The van der Waals surface area contributed by atoms with Gasteiger partial charge in [-0.1, -0.05) is 32.9 Å². The van der Waals surface area contributed by atoms with Gasteiger partial charge in [-0.25, -0.2) is 18.7 Å². The molecule has 108 valence electrons. The molecule has 1 aromatic heterocycles. The van der Waals surface area contributed by atoms with Gasteiger partial charge < -0.3 is 5.32 Å². The number of hydrogen-bond acceptors (Lipinski definition) is 3. The van der Waals surface area contributed by atoms with Gasteiger partial charge >= 0.3 is 0 Å². The molecule has 2 rings (SSSR count). The molecule has 0 aliphatic heterocycles. The van der Waals surface area contributed by atoms with Crippen LogP contribution in [-0.4, -0.2) is 16.0 Å². The fraction of sp³-hybridized carbons (Fsp3) is 0.467. The maximum Gasteiger partial charge on any atom is 0.297 e. The molecule has 3 nitrogen and oxygen atoms in total. The van der Waals surface area contributed by atoms with Gasteiger partial charge in [-0.05, 0) is 24.5 Å². The van der Waals surface area contributed by atoms with Gasteiger partial charge in [-0.3, -0.25) is 0 Å². The summed E-state index contributed by atoms with van der Waals surface area (Å²) in [5.41, 5.74) is 0.526. The summed E-state index contributed by atoms with van der Waals surface area (Å²) in [6.45, 7) is 8.27. The highest BCUT2D eigenvalue weighted by molar-refractivity contribution is 5.89. The molecule has 0 aliphatic carbocycles. The first-order chi connectivity index (χ1) is 9.29. The van der Waals surface area contributed by atoms with Gasteiger partial charge in [0, 0.05) is 11.4 Å². The average Bonchev–Trinajstić information content (AvgIpc) is 2.37. The van der Waals surface area contributed by atoms with E-state index in [9.17, 15) is 8.78 Å². The van der Waals surface area contributed by atoms with E-state index in [-0.39, 0.29) is 11.5 Å². The van der Waals surface area contributed by atoms with Gasteiger partial charge in [0.15, 0.2) is 5.82 Å². The van der Waals surface area contributed by atoms with E-state index in [1.165, 1.54) is 0 Å². The van der Waals surface area contributed by atoms with Crippen molar-refractivity contribution < 1.29 is 8.78 Å². The van der Waals surface area contributed by atoms with E-state index < -0.39 is 12.2 Å². The lowest BCUT2D eigenvalue weighted by Gasteiger charge is -2.29. The first-order valence-corrected chi connectivity index (χ1v) is 6.60. The van der Waals surface area contributed by atoms with Crippen LogP contribution >= 0.6 is 0 Å². The topological polar surface area (TPSA) is 37.8 Å². The molecule has 20 heavy (non-hydrogen) atoms. The highest BCUT2D eigenvalue weighted by atomic mass is 19.3. The molecule has 0 fully saturated rings. The van der Waals surface area contributed by atoms with Gasteiger partial charge in [0.1, 0.15) is 5.82 Å². The van der Waals surface area contributed by atoms with Crippen LogP contribution in [0.15, 0.2) is 24.3 Å². The van der Waals surface area contributed by atoms with Gasteiger partial charge in [0.2, 0.25) is 0 Å². The fourth-order valence-corrected chi connectivity index (χ4v) is 1.72. The first-order valence-electron chi connectivity index (χ1n) is 6.60. The lowest BCUT2D eigenvalue weighted by atomic mass is 9.88. The number of halogens is 2. The molecule has 1 unspecified atom stereocenters. The summed E-state index contributed by atoms with van der Waals surface area (Å²) in [7, 11) is 0. The van der Waals surface area contributed by atoms with E-state index in [0.29, 0.717) is 11.3 Å². The smallest absolute Gasteiger partial charge is 0.297 e. The molecule has 0 radical (unpaired) electrons. The molecular formula is C15H19F2N3. The molecule has 1 N–H and O–H groups in total. The molecule has 0 amide bonds. The van der Waals surface area contributed by atoms with Crippen LogP contribution in [0.5, 0.6) is 0 Å². The third kappa shape index (κ3) is 3.03. The minimum absolute atomic E-state index is 0.00293. The summed E-state index contributed by atoms with van der Waals surface area (Å²) in [5, 5.41) is 3.99. The van der Waals surface area contributed by atoms with Crippen molar-refractivity contribution in [1.82, 2.24) is 9.97 Å². The zero-order valence-corrected chi connectivity index (χ0v) is 12.1. The number of nitrogens with one attached hydrogen (secondary N) is 1. The molecule has 0 aliphatic rings. The molecular weight excluding hydrogens is 260 g/mol. The zero-order chi connectivity index (χ0) is 14.9. The number of benzene rings is 1. The van der Waals surface area contributed by atoms with Crippen LogP contribution in [0.25, 0.3) is 10.9 Å². The fourth-order valence-electron chi connectivity index (χ4n) is 1.72. The van der Waals surface area contributed by atoms with E-state index in [1.807, 2.05) is 19.1 Å². The molecule has 0 spiro atoms. The Morgan fingerprint density at radius 1 is 1.10 bits per heavy atom. The molecule has 5 heteroatoms. The molecule has 1 aromatic carbocycles. The van der Waals surface area contributed by atoms with Crippen molar-refractivity contribution in [3.63, 3.8) is 0 Å². The first kappa shape index (κ1) is 14.6. The van der Waals surface area contributed by atoms with E-state index in [2.05, 4.69) is 36.1 Å². The van der Waals surface area contributed by atoms with Crippen molar-refractivity contribution in [1.29, 1.82) is 0 Å². The van der Waals surface area contributed by atoms with Crippen LogP contribution in [0.1, 0.15) is 39.9 Å². The number of nitrogens with zero attached hydrogens (tertiary/aromatic N) is 2. The lowest BCUT2D eigenvalue weighted by Crippen LogP contribution is -2.31. The number of alkyl halides is 2.